The molecule has 0 saturated carbocycles. The lowest BCUT2D eigenvalue weighted by Gasteiger charge is -2.08. The van der Waals surface area contributed by atoms with Crippen LogP contribution >= 0.6 is 47.8 Å². The van der Waals surface area contributed by atoms with Crippen molar-refractivity contribution in [3.8, 4) is 0 Å². The zero-order valence-corrected chi connectivity index (χ0v) is 15.5. The maximum absolute atomic E-state index is 12.0. The highest BCUT2D eigenvalue weighted by Gasteiger charge is 2.08. The third kappa shape index (κ3) is 4.69. The van der Waals surface area contributed by atoms with Gasteiger partial charge in [-0.15, -0.1) is 0 Å². The number of hydrogen-bond donors (Lipinski definition) is 2. The van der Waals surface area contributed by atoms with Crippen molar-refractivity contribution in [1.29, 1.82) is 0 Å². The average molecular weight is 475 g/mol. The molecular formula is C15H11Br3N2O. The lowest BCUT2D eigenvalue weighted by Crippen LogP contribution is -2.08. The molecule has 0 atom stereocenters. The van der Waals surface area contributed by atoms with E-state index in [9.17, 15) is 4.79 Å². The highest BCUT2D eigenvalue weighted by atomic mass is 79.9. The first kappa shape index (κ1) is 16.3. The van der Waals surface area contributed by atoms with Crippen molar-refractivity contribution in [3.05, 3.63) is 61.5 Å². The Hall–Kier alpha value is -1.11. The first-order chi connectivity index (χ1) is 9.95. The van der Waals surface area contributed by atoms with Gasteiger partial charge < -0.3 is 11.1 Å². The van der Waals surface area contributed by atoms with Gasteiger partial charge in [0.15, 0.2) is 0 Å². The molecule has 0 radical (unpaired) electrons. The van der Waals surface area contributed by atoms with E-state index in [1.54, 1.807) is 18.2 Å². The molecule has 0 aliphatic heterocycles. The summed E-state index contributed by atoms with van der Waals surface area (Å²) in [5, 5.41) is 2.82. The standard InChI is InChI=1S/C15H11Br3N2O/c16-10-7-12(17)15(13(18)8-10)20-14(21)5-4-9-2-1-3-11(19)6-9/h1-8H,19H2,(H,20,21)/b5-4+. The van der Waals surface area contributed by atoms with Gasteiger partial charge in [0.2, 0.25) is 5.91 Å². The molecule has 3 nitrogen and oxygen atoms in total. The summed E-state index contributed by atoms with van der Waals surface area (Å²) in [4.78, 5) is 12.0. The van der Waals surface area contributed by atoms with Gasteiger partial charge in [0, 0.05) is 25.2 Å². The molecule has 2 aromatic rings. The van der Waals surface area contributed by atoms with Gasteiger partial charge in [0.25, 0.3) is 0 Å². The number of rotatable bonds is 3. The van der Waals surface area contributed by atoms with Crippen LogP contribution in [-0.2, 0) is 4.79 Å². The van der Waals surface area contributed by atoms with Gasteiger partial charge in [-0.1, -0.05) is 28.1 Å². The highest BCUT2D eigenvalue weighted by Crippen LogP contribution is 2.34. The monoisotopic (exact) mass is 472 g/mol. The second-order valence-corrected chi connectivity index (χ2v) is 6.86. The SMILES string of the molecule is Nc1cccc(/C=C/C(=O)Nc2c(Br)cc(Br)cc2Br)c1. The van der Waals surface area contributed by atoms with Crippen molar-refractivity contribution in [2.45, 2.75) is 0 Å². The summed E-state index contributed by atoms with van der Waals surface area (Å²) in [6.45, 7) is 0. The summed E-state index contributed by atoms with van der Waals surface area (Å²) in [7, 11) is 0. The van der Waals surface area contributed by atoms with E-state index >= 15 is 0 Å². The quantitative estimate of drug-likeness (QED) is 0.474. The number of halogens is 3. The minimum Gasteiger partial charge on any atom is -0.399 e. The van der Waals surface area contributed by atoms with E-state index < -0.39 is 0 Å². The lowest BCUT2D eigenvalue weighted by atomic mass is 10.2. The largest absolute Gasteiger partial charge is 0.399 e. The van der Waals surface area contributed by atoms with Crippen LogP contribution in [0.2, 0.25) is 0 Å². The molecule has 0 unspecified atom stereocenters. The van der Waals surface area contributed by atoms with Crippen molar-refractivity contribution in [3.63, 3.8) is 0 Å². The van der Waals surface area contributed by atoms with Crippen LogP contribution in [0.15, 0.2) is 55.9 Å². The summed E-state index contributed by atoms with van der Waals surface area (Å²) in [6, 6.07) is 11.0. The Morgan fingerprint density at radius 1 is 1.10 bits per heavy atom. The minimum atomic E-state index is -0.221. The zero-order chi connectivity index (χ0) is 15.4. The van der Waals surface area contributed by atoms with Crippen molar-refractivity contribution < 1.29 is 4.79 Å². The zero-order valence-electron chi connectivity index (χ0n) is 10.7. The van der Waals surface area contributed by atoms with Crippen LogP contribution in [0.25, 0.3) is 6.08 Å². The number of amides is 1. The van der Waals surface area contributed by atoms with Crippen LogP contribution in [-0.4, -0.2) is 5.91 Å². The first-order valence-electron chi connectivity index (χ1n) is 5.95. The summed E-state index contributed by atoms with van der Waals surface area (Å²) in [5.74, 6) is -0.221. The fraction of sp³-hybridized carbons (Fsp3) is 0. The topological polar surface area (TPSA) is 55.1 Å². The number of carbonyl (C=O) groups is 1. The maximum Gasteiger partial charge on any atom is 0.248 e. The molecule has 0 bridgehead atoms. The number of anilines is 2. The van der Waals surface area contributed by atoms with Gasteiger partial charge in [-0.3, -0.25) is 4.79 Å². The molecule has 0 aromatic heterocycles. The van der Waals surface area contributed by atoms with Crippen molar-refractivity contribution in [2.24, 2.45) is 0 Å². The number of nitrogens with two attached hydrogens (primary N) is 1. The smallest absolute Gasteiger partial charge is 0.248 e. The second-order valence-electron chi connectivity index (χ2n) is 4.24. The fourth-order valence-corrected chi connectivity index (χ4v) is 4.12. The molecule has 0 fully saturated rings. The molecule has 21 heavy (non-hydrogen) atoms. The second kappa shape index (κ2) is 7.24. The van der Waals surface area contributed by atoms with E-state index in [0.29, 0.717) is 11.4 Å². The van der Waals surface area contributed by atoms with Crippen LogP contribution in [0, 0.1) is 0 Å². The molecule has 0 saturated heterocycles. The van der Waals surface area contributed by atoms with Gasteiger partial charge in [-0.05, 0) is 67.8 Å². The van der Waals surface area contributed by atoms with Crippen LogP contribution in [0.5, 0.6) is 0 Å². The van der Waals surface area contributed by atoms with E-state index in [1.165, 1.54) is 6.08 Å². The third-order valence-corrected chi connectivity index (χ3v) is 4.30. The molecule has 6 heteroatoms. The number of benzene rings is 2. The molecule has 3 N–H and O–H groups in total. The van der Waals surface area contributed by atoms with Gasteiger partial charge in [-0.2, -0.15) is 0 Å². The van der Waals surface area contributed by atoms with Crippen LogP contribution in [0.1, 0.15) is 5.56 Å². The molecule has 0 aliphatic carbocycles. The van der Waals surface area contributed by atoms with E-state index in [-0.39, 0.29) is 5.91 Å². The number of nitrogen functional groups attached to an aromatic ring is 1. The van der Waals surface area contributed by atoms with Gasteiger partial charge in [0.05, 0.1) is 5.69 Å². The van der Waals surface area contributed by atoms with Crippen LogP contribution < -0.4 is 11.1 Å². The van der Waals surface area contributed by atoms with E-state index in [4.69, 9.17) is 5.73 Å². The lowest BCUT2D eigenvalue weighted by molar-refractivity contribution is -0.111. The van der Waals surface area contributed by atoms with E-state index in [1.807, 2.05) is 24.3 Å². The summed E-state index contributed by atoms with van der Waals surface area (Å²) < 4.78 is 2.48. The number of nitrogens with one attached hydrogen (secondary N) is 1. The van der Waals surface area contributed by atoms with E-state index in [2.05, 4.69) is 53.1 Å². The molecule has 2 rings (SSSR count). The summed E-state index contributed by atoms with van der Waals surface area (Å²) >= 11 is 10.2. The summed E-state index contributed by atoms with van der Waals surface area (Å²) in [6.07, 6.45) is 3.18. The number of hydrogen-bond acceptors (Lipinski definition) is 2. The molecule has 0 aliphatic rings. The van der Waals surface area contributed by atoms with Gasteiger partial charge in [0.1, 0.15) is 0 Å². The van der Waals surface area contributed by atoms with Crippen LogP contribution in [0.3, 0.4) is 0 Å². The number of carbonyl (C=O) groups excluding carboxylic acids is 1. The Bertz CT molecular complexity index is 691. The Labute approximate surface area is 148 Å². The van der Waals surface area contributed by atoms with Crippen LogP contribution in [0.4, 0.5) is 11.4 Å². The summed E-state index contributed by atoms with van der Waals surface area (Å²) in [5.41, 5.74) is 7.91. The Balaban J connectivity index is 2.12. The van der Waals surface area contributed by atoms with Crippen molar-refractivity contribution >= 4 is 71.1 Å². The normalized spacial score (nSPS) is 10.8. The van der Waals surface area contributed by atoms with Gasteiger partial charge >= 0.3 is 0 Å². The van der Waals surface area contributed by atoms with Crippen molar-refractivity contribution in [2.75, 3.05) is 11.1 Å². The Kier molecular flexibility index (Phi) is 5.61. The third-order valence-electron chi connectivity index (χ3n) is 2.59. The molecule has 0 spiro atoms. The maximum atomic E-state index is 12.0. The molecular weight excluding hydrogens is 464 g/mol. The highest BCUT2D eigenvalue weighted by molar-refractivity contribution is 9.11. The average Bonchev–Trinajstić information content (AvgIpc) is 2.40. The Morgan fingerprint density at radius 2 is 1.76 bits per heavy atom. The molecule has 1 amide bonds. The fourth-order valence-electron chi connectivity index (χ4n) is 1.66. The molecule has 0 heterocycles. The predicted molar refractivity (Wildman–Crippen MR) is 98.1 cm³/mol. The minimum absolute atomic E-state index is 0.221. The van der Waals surface area contributed by atoms with Gasteiger partial charge in [-0.25, -0.2) is 0 Å². The first-order valence-corrected chi connectivity index (χ1v) is 8.33. The van der Waals surface area contributed by atoms with E-state index in [0.717, 1.165) is 19.0 Å². The van der Waals surface area contributed by atoms with Crippen molar-refractivity contribution in [1.82, 2.24) is 0 Å². The molecule has 108 valence electrons. The predicted octanol–water partition coefficient (Wildman–Crippen LogP) is 5.21. The molecule has 2 aromatic carbocycles. The Morgan fingerprint density at radius 3 is 2.38 bits per heavy atom.